The number of hydrogen-bond donors (Lipinski definition) is 2. The summed E-state index contributed by atoms with van der Waals surface area (Å²) in [5, 5.41) is 12.7. The van der Waals surface area contributed by atoms with E-state index >= 15 is 0 Å². The quantitative estimate of drug-likeness (QED) is 0.547. The molecule has 0 aromatic carbocycles. The van der Waals surface area contributed by atoms with Gasteiger partial charge in [0.05, 0.1) is 18.8 Å². The van der Waals surface area contributed by atoms with Crippen LogP contribution in [0, 0.1) is 0 Å². The summed E-state index contributed by atoms with van der Waals surface area (Å²) < 4.78 is 5.41. The van der Waals surface area contributed by atoms with Crippen molar-refractivity contribution in [3.63, 3.8) is 0 Å². The van der Waals surface area contributed by atoms with Crippen LogP contribution in [0.4, 0.5) is 0 Å². The monoisotopic (exact) mass is 218 g/mol. The van der Waals surface area contributed by atoms with E-state index in [1.807, 2.05) is 27.9 Å². The average Bonchev–Trinajstić information content (AvgIpc) is 2.07. The SMILES string of the molecule is CN(C)CCOCCNCCC(C)(C)O. The zero-order chi connectivity index (χ0) is 11.7. The van der Waals surface area contributed by atoms with Gasteiger partial charge in [0.1, 0.15) is 0 Å². The van der Waals surface area contributed by atoms with E-state index in [0.717, 1.165) is 39.3 Å². The van der Waals surface area contributed by atoms with E-state index in [1.54, 1.807) is 0 Å². The van der Waals surface area contributed by atoms with Crippen LogP contribution in [0.5, 0.6) is 0 Å². The minimum Gasteiger partial charge on any atom is -0.390 e. The smallest absolute Gasteiger partial charge is 0.0603 e. The van der Waals surface area contributed by atoms with Crippen LogP contribution in [0.3, 0.4) is 0 Å². The van der Waals surface area contributed by atoms with E-state index in [4.69, 9.17) is 4.74 Å². The summed E-state index contributed by atoms with van der Waals surface area (Å²) in [6, 6.07) is 0. The molecule has 0 aromatic rings. The van der Waals surface area contributed by atoms with Gasteiger partial charge in [-0.1, -0.05) is 0 Å². The largest absolute Gasteiger partial charge is 0.390 e. The van der Waals surface area contributed by atoms with Crippen molar-refractivity contribution in [3.05, 3.63) is 0 Å². The lowest BCUT2D eigenvalue weighted by Crippen LogP contribution is -2.29. The van der Waals surface area contributed by atoms with E-state index in [9.17, 15) is 5.11 Å². The molecule has 0 aliphatic rings. The van der Waals surface area contributed by atoms with Gasteiger partial charge in [0.15, 0.2) is 0 Å². The van der Waals surface area contributed by atoms with Gasteiger partial charge >= 0.3 is 0 Å². The van der Waals surface area contributed by atoms with Gasteiger partial charge in [-0.2, -0.15) is 0 Å². The molecule has 92 valence electrons. The van der Waals surface area contributed by atoms with Crippen LogP contribution >= 0.6 is 0 Å². The molecule has 0 unspecified atom stereocenters. The lowest BCUT2D eigenvalue weighted by Gasteiger charge is -2.17. The summed E-state index contributed by atoms with van der Waals surface area (Å²) in [6.07, 6.45) is 0.769. The fourth-order valence-electron chi connectivity index (χ4n) is 1.01. The summed E-state index contributed by atoms with van der Waals surface area (Å²) >= 11 is 0. The second kappa shape index (κ2) is 8.05. The van der Waals surface area contributed by atoms with Crippen LogP contribution in [-0.2, 0) is 4.74 Å². The normalized spacial score (nSPS) is 12.4. The zero-order valence-electron chi connectivity index (χ0n) is 10.5. The molecule has 0 rings (SSSR count). The van der Waals surface area contributed by atoms with Gasteiger partial charge in [0.2, 0.25) is 0 Å². The topological polar surface area (TPSA) is 44.7 Å². The Balaban J connectivity index is 3.06. The lowest BCUT2D eigenvalue weighted by atomic mass is 10.1. The first-order valence-corrected chi connectivity index (χ1v) is 5.57. The Labute approximate surface area is 93.6 Å². The third-order valence-corrected chi connectivity index (χ3v) is 2.02. The molecule has 4 heteroatoms. The maximum absolute atomic E-state index is 9.44. The van der Waals surface area contributed by atoms with E-state index in [-0.39, 0.29) is 0 Å². The van der Waals surface area contributed by atoms with Gasteiger partial charge < -0.3 is 20.1 Å². The summed E-state index contributed by atoms with van der Waals surface area (Å²) in [5.41, 5.74) is -0.571. The first-order valence-electron chi connectivity index (χ1n) is 5.57. The number of nitrogens with one attached hydrogen (secondary N) is 1. The molecule has 0 aromatic heterocycles. The first-order chi connectivity index (χ1) is 6.92. The van der Waals surface area contributed by atoms with Crippen LogP contribution in [0.1, 0.15) is 20.3 Å². The van der Waals surface area contributed by atoms with E-state index in [1.165, 1.54) is 0 Å². The first kappa shape index (κ1) is 14.8. The highest BCUT2D eigenvalue weighted by atomic mass is 16.5. The third-order valence-electron chi connectivity index (χ3n) is 2.02. The van der Waals surface area contributed by atoms with E-state index < -0.39 is 5.60 Å². The average molecular weight is 218 g/mol. The van der Waals surface area contributed by atoms with Crippen LogP contribution in [0.25, 0.3) is 0 Å². The van der Waals surface area contributed by atoms with Crippen molar-refractivity contribution < 1.29 is 9.84 Å². The van der Waals surface area contributed by atoms with Crippen LogP contribution in [-0.4, -0.2) is 62.6 Å². The van der Waals surface area contributed by atoms with Crippen molar-refractivity contribution in [1.82, 2.24) is 10.2 Å². The van der Waals surface area contributed by atoms with Crippen molar-refractivity contribution >= 4 is 0 Å². The Kier molecular flexibility index (Phi) is 7.96. The molecule has 0 spiro atoms. The standard InChI is InChI=1S/C11H26N2O2/c1-11(2,14)5-6-12-7-9-15-10-8-13(3)4/h12,14H,5-10H2,1-4H3. The van der Waals surface area contributed by atoms with Crippen molar-refractivity contribution in [1.29, 1.82) is 0 Å². The summed E-state index contributed by atoms with van der Waals surface area (Å²) in [5.74, 6) is 0. The molecule has 0 saturated carbocycles. The molecule has 0 amide bonds. The molecule has 2 N–H and O–H groups in total. The predicted molar refractivity (Wildman–Crippen MR) is 63.2 cm³/mol. The Bertz CT molecular complexity index is 144. The molecule has 15 heavy (non-hydrogen) atoms. The minimum atomic E-state index is -0.571. The summed E-state index contributed by atoms with van der Waals surface area (Å²) in [7, 11) is 4.07. The van der Waals surface area contributed by atoms with Crippen LogP contribution in [0.2, 0.25) is 0 Å². The van der Waals surface area contributed by atoms with Crippen LogP contribution < -0.4 is 5.32 Å². The maximum Gasteiger partial charge on any atom is 0.0603 e. The van der Waals surface area contributed by atoms with Crippen molar-refractivity contribution in [2.75, 3.05) is 46.9 Å². The highest BCUT2D eigenvalue weighted by Crippen LogP contribution is 2.04. The van der Waals surface area contributed by atoms with Crippen molar-refractivity contribution in [3.8, 4) is 0 Å². The molecule has 0 atom stereocenters. The number of ether oxygens (including phenoxy) is 1. The van der Waals surface area contributed by atoms with Gasteiger partial charge in [0.25, 0.3) is 0 Å². The Hall–Kier alpha value is -0.160. The highest BCUT2D eigenvalue weighted by molar-refractivity contribution is 4.65. The molecule has 0 saturated heterocycles. The highest BCUT2D eigenvalue weighted by Gasteiger charge is 2.10. The summed E-state index contributed by atoms with van der Waals surface area (Å²) in [4.78, 5) is 2.10. The van der Waals surface area contributed by atoms with Gasteiger partial charge in [0, 0.05) is 13.1 Å². The molecule has 0 aliphatic carbocycles. The fraction of sp³-hybridized carbons (Fsp3) is 1.00. The predicted octanol–water partition coefficient (Wildman–Crippen LogP) is 0.315. The van der Waals surface area contributed by atoms with Gasteiger partial charge in [-0.05, 0) is 40.9 Å². The second-order valence-electron chi connectivity index (χ2n) is 4.73. The molecular formula is C11H26N2O2. The summed E-state index contributed by atoms with van der Waals surface area (Å²) in [6.45, 7) is 7.80. The number of hydrogen-bond acceptors (Lipinski definition) is 4. The van der Waals surface area contributed by atoms with Crippen LogP contribution in [0.15, 0.2) is 0 Å². The van der Waals surface area contributed by atoms with E-state index in [2.05, 4.69) is 10.2 Å². The van der Waals surface area contributed by atoms with Gasteiger partial charge in [-0.3, -0.25) is 0 Å². The number of likely N-dealkylation sites (N-methyl/N-ethyl adjacent to an activating group) is 1. The van der Waals surface area contributed by atoms with Gasteiger partial charge in [-0.15, -0.1) is 0 Å². The molecule has 0 radical (unpaired) electrons. The third kappa shape index (κ3) is 13.8. The molecule has 0 fully saturated rings. The molecular weight excluding hydrogens is 192 g/mol. The zero-order valence-corrected chi connectivity index (χ0v) is 10.5. The number of rotatable bonds is 9. The van der Waals surface area contributed by atoms with Crippen molar-refractivity contribution in [2.45, 2.75) is 25.9 Å². The molecule has 0 bridgehead atoms. The Morgan fingerprint density at radius 1 is 1.20 bits per heavy atom. The molecule has 4 nitrogen and oxygen atoms in total. The Morgan fingerprint density at radius 3 is 2.40 bits per heavy atom. The van der Waals surface area contributed by atoms with Crippen molar-refractivity contribution in [2.24, 2.45) is 0 Å². The van der Waals surface area contributed by atoms with Gasteiger partial charge in [-0.25, -0.2) is 0 Å². The number of aliphatic hydroxyl groups is 1. The molecule has 0 heterocycles. The van der Waals surface area contributed by atoms with E-state index in [0.29, 0.717) is 0 Å². The second-order valence-corrected chi connectivity index (χ2v) is 4.73. The fourth-order valence-corrected chi connectivity index (χ4v) is 1.01. The lowest BCUT2D eigenvalue weighted by molar-refractivity contribution is 0.0695. The number of nitrogens with zero attached hydrogens (tertiary/aromatic N) is 1. The maximum atomic E-state index is 9.44. The Morgan fingerprint density at radius 2 is 1.87 bits per heavy atom. The minimum absolute atomic E-state index is 0.571. The molecule has 0 aliphatic heterocycles.